The average Bonchev–Trinajstić information content (AvgIpc) is 2.80. The van der Waals surface area contributed by atoms with Crippen LogP contribution < -0.4 is 4.74 Å². The molecule has 19 heavy (non-hydrogen) atoms. The van der Waals surface area contributed by atoms with Gasteiger partial charge in [-0.05, 0) is 38.0 Å². The molecule has 2 rings (SSSR count). The van der Waals surface area contributed by atoms with Crippen molar-refractivity contribution in [2.24, 2.45) is 0 Å². The Hall–Kier alpha value is -1.61. The zero-order chi connectivity index (χ0) is 13.8. The smallest absolute Gasteiger partial charge is 0.160 e. The fraction of sp³-hybridized carbons (Fsp3) is 0.312. The summed E-state index contributed by atoms with van der Waals surface area (Å²) in [6.07, 6.45) is 1.84. The van der Waals surface area contributed by atoms with E-state index in [0.717, 1.165) is 34.5 Å². The highest BCUT2D eigenvalue weighted by Gasteiger charge is 2.08. The van der Waals surface area contributed by atoms with Gasteiger partial charge in [-0.15, -0.1) is 11.3 Å². The molecular formula is C16H18O2S. The summed E-state index contributed by atoms with van der Waals surface area (Å²) >= 11 is 1.55. The maximum atomic E-state index is 10.8. The van der Waals surface area contributed by atoms with Crippen LogP contribution in [-0.4, -0.2) is 6.29 Å². The van der Waals surface area contributed by atoms with Crippen LogP contribution in [0, 0.1) is 13.8 Å². The lowest BCUT2D eigenvalue weighted by Crippen LogP contribution is -1.98. The number of thiophene rings is 1. The Morgan fingerprint density at radius 2 is 2.05 bits per heavy atom. The van der Waals surface area contributed by atoms with Gasteiger partial charge in [0.05, 0.1) is 4.88 Å². The lowest BCUT2D eigenvalue weighted by molar-refractivity contribution is 0.112. The average molecular weight is 274 g/mol. The minimum Gasteiger partial charge on any atom is -0.489 e. The summed E-state index contributed by atoms with van der Waals surface area (Å²) < 4.78 is 5.87. The number of aryl methyl sites for hydroxylation is 3. The fourth-order valence-electron chi connectivity index (χ4n) is 2.09. The van der Waals surface area contributed by atoms with Crippen LogP contribution >= 0.6 is 11.3 Å². The molecule has 0 N–H and O–H groups in total. The van der Waals surface area contributed by atoms with Crippen molar-refractivity contribution < 1.29 is 9.53 Å². The number of rotatable bonds is 5. The maximum Gasteiger partial charge on any atom is 0.160 e. The molecule has 0 aliphatic carbocycles. The van der Waals surface area contributed by atoms with Gasteiger partial charge in [-0.1, -0.05) is 24.6 Å². The number of carbonyl (C=O) groups is 1. The minimum atomic E-state index is 0.525. The second-order valence-corrected chi connectivity index (χ2v) is 5.79. The molecule has 0 aliphatic heterocycles. The SMILES string of the molecule is CCc1sc(C=O)cc1COc1ccc(C)cc1C. The third kappa shape index (κ3) is 3.24. The van der Waals surface area contributed by atoms with Crippen molar-refractivity contribution in [1.29, 1.82) is 0 Å². The van der Waals surface area contributed by atoms with E-state index in [4.69, 9.17) is 4.74 Å². The van der Waals surface area contributed by atoms with Crippen LogP contribution in [0.1, 0.15) is 38.2 Å². The van der Waals surface area contributed by atoms with Crippen LogP contribution in [0.5, 0.6) is 5.75 Å². The highest BCUT2D eigenvalue weighted by atomic mass is 32.1. The monoisotopic (exact) mass is 274 g/mol. The molecule has 1 aromatic heterocycles. The molecule has 0 amide bonds. The van der Waals surface area contributed by atoms with Crippen molar-refractivity contribution in [2.75, 3.05) is 0 Å². The van der Waals surface area contributed by atoms with E-state index in [9.17, 15) is 4.79 Å². The Morgan fingerprint density at radius 1 is 1.26 bits per heavy atom. The Bertz CT molecular complexity index is 584. The predicted octanol–water partition coefficient (Wildman–Crippen LogP) is 4.32. The van der Waals surface area contributed by atoms with E-state index in [2.05, 4.69) is 19.9 Å². The zero-order valence-electron chi connectivity index (χ0n) is 11.5. The lowest BCUT2D eigenvalue weighted by atomic mass is 10.1. The van der Waals surface area contributed by atoms with Gasteiger partial charge in [-0.25, -0.2) is 0 Å². The summed E-state index contributed by atoms with van der Waals surface area (Å²) in [5.41, 5.74) is 3.50. The van der Waals surface area contributed by atoms with Gasteiger partial charge in [0.25, 0.3) is 0 Å². The molecule has 2 aromatic rings. The summed E-state index contributed by atoms with van der Waals surface area (Å²) in [6.45, 7) is 6.74. The first-order chi connectivity index (χ1) is 9.13. The Labute approximate surface area is 118 Å². The predicted molar refractivity (Wildman–Crippen MR) is 79.3 cm³/mol. The van der Waals surface area contributed by atoms with Crippen molar-refractivity contribution in [3.63, 3.8) is 0 Å². The molecule has 0 unspecified atom stereocenters. The maximum absolute atomic E-state index is 10.8. The molecule has 2 nitrogen and oxygen atoms in total. The molecule has 0 bridgehead atoms. The molecule has 3 heteroatoms. The fourth-order valence-corrected chi connectivity index (χ4v) is 3.01. The quantitative estimate of drug-likeness (QED) is 0.759. The summed E-state index contributed by atoms with van der Waals surface area (Å²) in [4.78, 5) is 12.8. The molecule has 0 atom stereocenters. The van der Waals surface area contributed by atoms with Crippen LogP contribution in [0.4, 0.5) is 0 Å². The van der Waals surface area contributed by atoms with Crippen LogP contribution in [-0.2, 0) is 13.0 Å². The van der Waals surface area contributed by atoms with Gasteiger partial charge in [0.15, 0.2) is 6.29 Å². The van der Waals surface area contributed by atoms with Gasteiger partial charge < -0.3 is 4.74 Å². The zero-order valence-corrected chi connectivity index (χ0v) is 12.3. The first kappa shape index (κ1) is 13.8. The van der Waals surface area contributed by atoms with E-state index in [1.165, 1.54) is 10.4 Å². The third-order valence-corrected chi connectivity index (χ3v) is 4.31. The highest BCUT2D eigenvalue weighted by molar-refractivity contribution is 7.13. The van der Waals surface area contributed by atoms with Crippen LogP contribution in [0.3, 0.4) is 0 Å². The van der Waals surface area contributed by atoms with Crippen molar-refractivity contribution in [3.8, 4) is 5.75 Å². The van der Waals surface area contributed by atoms with Gasteiger partial charge in [0.1, 0.15) is 12.4 Å². The number of benzene rings is 1. The first-order valence-corrected chi connectivity index (χ1v) is 7.22. The molecule has 0 aliphatic rings. The molecule has 100 valence electrons. The number of carbonyl (C=O) groups excluding carboxylic acids is 1. The molecule has 0 fully saturated rings. The van der Waals surface area contributed by atoms with Crippen molar-refractivity contribution in [2.45, 2.75) is 33.8 Å². The standard InChI is InChI=1S/C16H18O2S/c1-4-16-13(8-14(9-17)19-16)10-18-15-6-5-11(2)7-12(15)3/h5-9H,4,10H2,1-3H3. The minimum absolute atomic E-state index is 0.525. The van der Waals surface area contributed by atoms with Crippen LogP contribution in [0.15, 0.2) is 24.3 Å². The second-order valence-electron chi connectivity index (χ2n) is 4.63. The van der Waals surface area contributed by atoms with Gasteiger partial charge >= 0.3 is 0 Å². The molecule has 1 heterocycles. The summed E-state index contributed by atoms with van der Waals surface area (Å²) in [5, 5.41) is 0. The molecule has 1 aromatic carbocycles. The number of ether oxygens (including phenoxy) is 1. The topological polar surface area (TPSA) is 26.3 Å². The second kappa shape index (κ2) is 6.02. The summed E-state index contributed by atoms with van der Waals surface area (Å²) in [5.74, 6) is 0.909. The van der Waals surface area contributed by atoms with Crippen molar-refractivity contribution in [1.82, 2.24) is 0 Å². The third-order valence-electron chi connectivity index (χ3n) is 3.07. The van der Waals surface area contributed by atoms with Crippen molar-refractivity contribution >= 4 is 17.6 Å². The molecule has 0 saturated heterocycles. The molecular weight excluding hydrogens is 256 g/mol. The highest BCUT2D eigenvalue weighted by Crippen LogP contribution is 2.25. The Kier molecular flexibility index (Phi) is 4.38. The largest absolute Gasteiger partial charge is 0.489 e. The molecule has 0 saturated carbocycles. The lowest BCUT2D eigenvalue weighted by Gasteiger charge is -2.09. The van der Waals surface area contributed by atoms with E-state index in [1.807, 2.05) is 25.1 Å². The Morgan fingerprint density at radius 3 is 2.68 bits per heavy atom. The van der Waals surface area contributed by atoms with E-state index in [-0.39, 0.29) is 0 Å². The van der Waals surface area contributed by atoms with Gasteiger partial charge in [-0.3, -0.25) is 4.79 Å². The van der Waals surface area contributed by atoms with E-state index >= 15 is 0 Å². The van der Waals surface area contributed by atoms with Crippen LogP contribution in [0.25, 0.3) is 0 Å². The molecule has 0 radical (unpaired) electrons. The summed E-state index contributed by atoms with van der Waals surface area (Å²) in [6, 6.07) is 8.09. The van der Waals surface area contributed by atoms with E-state index < -0.39 is 0 Å². The number of hydrogen-bond donors (Lipinski definition) is 0. The van der Waals surface area contributed by atoms with Crippen molar-refractivity contribution in [3.05, 3.63) is 50.7 Å². The normalized spacial score (nSPS) is 10.5. The van der Waals surface area contributed by atoms with Gasteiger partial charge in [-0.2, -0.15) is 0 Å². The van der Waals surface area contributed by atoms with Gasteiger partial charge in [0.2, 0.25) is 0 Å². The molecule has 0 spiro atoms. The Balaban J connectivity index is 2.13. The van der Waals surface area contributed by atoms with E-state index in [0.29, 0.717) is 6.61 Å². The summed E-state index contributed by atoms with van der Waals surface area (Å²) in [7, 11) is 0. The number of hydrogen-bond acceptors (Lipinski definition) is 3. The van der Waals surface area contributed by atoms with Crippen LogP contribution in [0.2, 0.25) is 0 Å². The number of aldehydes is 1. The first-order valence-electron chi connectivity index (χ1n) is 6.41. The van der Waals surface area contributed by atoms with E-state index in [1.54, 1.807) is 11.3 Å². The van der Waals surface area contributed by atoms with Gasteiger partial charge in [0, 0.05) is 10.4 Å².